The molecule has 3 heterocycles. The van der Waals surface area contributed by atoms with Gasteiger partial charge >= 0.3 is 0 Å². The number of fused-ring (bicyclic) bond motifs is 9. The molecule has 3 nitrogen and oxygen atoms in total. The molecule has 0 N–H and O–H groups in total. The zero-order chi connectivity index (χ0) is 67.9. The van der Waals surface area contributed by atoms with Crippen LogP contribution in [0.1, 0.15) is 48.0 Å². The van der Waals surface area contributed by atoms with Crippen molar-refractivity contribution in [1.29, 1.82) is 0 Å². The number of aromatic nitrogens is 3. The first-order valence-corrected chi connectivity index (χ1v) is 16.8. The summed E-state index contributed by atoms with van der Waals surface area (Å²) in [6.45, 7) is 0. The summed E-state index contributed by atoms with van der Waals surface area (Å²) in [7, 11) is 0. The molecular weight excluding hydrogens is 691 g/mol. The van der Waals surface area contributed by atoms with Crippen LogP contribution < -0.4 is 0 Å². The summed E-state index contributed by atoms with van der Waals surface area (Å²) in [5.74, 6) is 0. The number of para-hydroxylation sites is 6. The molecule has 0 aliphatic heterocycles. The lowest BCUT2D eigenvalue weighted by molar-refractivity contribution is 1.11. The molecule has 0 unspecified atom stereocenters. The lowest BCUT2D eigenvalue weighted by Gasteiger charge is -2.17. The third-order valence-corrected chi connectivity index (χ3v) is 9.33. The second-order valence-corrected chi connectivity index (χ2v) is 12.3. The van der Waals surface area contributed by atoms with E-state index >= 15 is 0 Å². The van der Waals surface area contributed by atoms with Gasteiger partial charge in [-0.25, -0.2) is 0 Å². The van der Waals surface area contributed by atoms with E-state index in [4.69, 9.17) is 23.3 Å². The predicted octanol–water partition coefficient (Wildman–Crippen LogP) is 14.3. The van der Waals surface area contributed by atoms with Crippen LogP contribution in [0, 0.1) is 0 Å². The van der Waals surface area contributed by atoms with Gasteiger partial charge in [0.2, 0.25) is 0 Å². The van der Waals surface area contributed by atoms with Crippen LogP contribution in [0.3, 0.4) is 0 Å². The highest BCUT2D eigenvalue weighted by molar-refractivity contribution is 6.17. The third-order valence-electron chi connectivity index (χ3n) is 9.33. The van der Waals surface area contributed by atoms with Gasteiger partial charge in [-0.15, -0.1) is 0 Å². The molecule has 0 spiro atoms. The minimum atomic E-state index is -1.27. The lowest BCUT2D eigenvalue weighted by Crippen LogP contribution is -2.03. The molecule has 3 heteroatoms. The van der Waals surface area contributed by atoms with Gasteiger partial charge in [-0.05, 0) is 76.6 Å². The average molecular weight is 761 g/mol. The number of nitrogens with zero attached hydrogens (tertiary/aromatic N) is 3. The maximum atomic E-state index is 10.1. The van der Waals surface area contributed by atoms with E-state index in [0.717, 1.165) is 0 Å². The van der Waals surface area contributed by atoms with Crippen molar-refractivity contribution in [1.82, 2.24) is 13.7 Å². The fraction of sp³-hybridized carbons (Fsp3) is 0. The van der Waals surface area contributed by atoms with Crippen molar-refractivity contribution >= 4 is 65.4 Å². The van der Waals surface area contributed by atoms with E-state index in [2.05, 4.69) is 0 Å². The maximum absolute atomic E-state index is 10.1. The van der Waals surface area contributed by atoms with Crippen LogP contribution in [0.25, 0.3) is 105 Å². The quantitative estimate of drug-likeness (QED) is 0.166. The van der Waals surface area contributed by atoms with Gasteiger partial charge in [0.15, 0.2) is 0 Å². The summed E-state index contributed by atoms with van der Waals surface area (Å²) in [5.41, 5.74) is -11.9. The summed E-state index contributed by atoms with van der Waals surface area (Å²) in [5, 5.41) is -4.29. The molecule has 0 fully saturated rings. The molecule has 0 saturated heterocycles. The summed E-state index contributed by atoms with van der Waals surface area (Å²) in [6, 6.07) is -37.0. The monoisotopic (exact) mass is 761 g/mol. The first-order chi connectivity index (χ1) is 42.9. The van der Waals surface area contributed by atoms with Gasteiger partial charge < -0.3 is 13.7 Å². The Balaban J connectivity index is 1.41. The Morgan fingerprint density at radius 1 is 0.263 bits per heavy atom. The molecule has 266 valence electrons. The van der Waals surface area contributed by atoms with Crippen molar-refractivity contribution in [2.24, 2.45) is 0 Å². The largest absolute Gasteiger partial charge is 0.307 e. The van der Waals surface area contributed by atoms with Gasteiger partial charge in [-0.1, -0.05) is 157 Å². The first-order valence-electron chi connectivity index (χ1n) is 34.3. The fourth-order valence-electron chi connectivity index (χ4n) is 7.06. The zero-order valence-corrected chi connectivity index (χ0v) is 28.3. The third kappa shape index (κ3) is 4.73. The van der Waals surface area contributed by atoms with Crippen molar-refractivity contribution < 1.29 is 48.0 Å². The van der Waals surface area contributed by atoms with E-state index in [1.807, 2.05) is 0 Å². The van der Waals surface area contributed by atoms with E-state index in [-0.39, 0.29) is 0 Å². The predicted molar refractivity (Wildman–Crippen MR) is 240 cm³/mol. The van der Waals surface area contributed by atoms with Crippen molar-refractivity contribution in [3.05, 3.63) is 211 Å². The van der Waals surface area contributed by atoms with Gasteiger partial charge in [0, 0.05) is 38.0 Å². The Hall–Kier alpha value is -7.62. The van der Waals surface area contributed by atoms with Crippen molar-refractivity contribution in [2.45, 2.75) is 0 Å². The molecule has 0 bridgehead atoms. The summed E-state index contributed by atoms with van der Waals surface area (Å²) in [4.78, 5) is 0. The Bertz CT molecular complexity index is 5480. The summed E-state index contributed by atoms with van der Waals surface area (Å²) in [6.07, 6.45) is 0. The molecule has 12 aromatic rings. The number of hydrogen-bond donors (Lipinski definition) is 0. The molecule has 0 amide bonds. The minimum absolute atomic E-state index is 0.585. The Morgan fingerprint density at radius 3 is 1.23 bits per heavy atom. The van der Waals surface area contributed by atoms with Gasteiger partial charge in [0.1, 0.15) is 0 Å². The van der Waals surface area contributed by atoms with Crippen LogP contribution in [-0.4, -0.2) is 13.7 Å². The van der Waals surface area contributed by atoms with Crippen molar-refractivity contribution in [2.75, 3.05) is 0 Å². The van der Waals surface area contributed by atoms with Gasteiger partial charge in [0.05, 0.1) is 92.5 Å². The number of hydrogen-bond acceptors (Lipinski definition) is 0. The number of rotatable bonds is 5. The lowest BCUT2D eigenvalue weighted by atomic mass is 9.99. The maximum Gasteiger partial charge on any atom is 0.0783 e. The van der Waals surface area contributed by atoms with Crippen LogP contribution >= 0.6 is 0 Å². The molecule has 0 atom stereocenters. The Labute approximate surface area is 378 Å². The average Bonchev–Trinajstić information content (AvgIpc) is 1.47. The van der Waals surface area contributed by atoms with E-state index in [1.165, 1.54) is 0 Å². The molecule has 0 radical (unpaired) electrons. The molecule has 12 rings (SSSR count). The van der Waals surface area contributed by atoms with E-state index in [9.17, 15) is 24.7 Å². The highest BCUT2D eigenvalue weighted by Gasteiger charge is 2.23. The van der Waals surface area contributed by atoms with E-state index in [0.29, 0.717) is 13.7 Å². The van der Waals surface area contributed by atoms with E-state index < -0.39 is 316 Å². The van der Waals surface area contributed by atoms with Gasteiger partial charge in [0.25, 0.3) is 0 Å². The van der Waals surface area contributed by atoms with Crippen LogP contribution in [0.5, 0.6) is 0 Å². The second kappa shape index (κ2) is 12.5. The minimum Gasteiger partial charge on any atom is -0.307 e. The molecule has 0 saturated carbocycles. The van der Waals surface area contributed by atoms with Gasteiger partial charge in [-0.3, -0.25) is 0 Å². The molecule has 9 aromatic carbocycles. The van der Waals surface area contributed by atoms with Crippen LogP contribution in [0.4, 0.5) is 0 Å². The highest BCUT2D eigenvalue weighted by atomic mass is 15.1. The van der Waals surface area contributed by atoms with Crippen LogP contribution in [0.15, 0.2) is 211 Å². The van der Waals surface area contributed by atoms with Crippen LogP contribution in [-0.2, 0) is 0 Å². The van der Waals surface area contributed by atoms with Crippen molar-refractivity contribution in [3.8, 4) is 39.3 Å². The number of benzene rings is 9. The molecule has 3 aromatic heterocycles. The molecule has 57 heavy (non-hydrogen) atoms. The highest BCUT2D eigenvalue weighted by Crippen LogP contribution is 2.43. The Kier molecular flexibility index (Phi) is 2.78. The zero-order valence-electron chi connectivity index (χ0n) is 63.3. The molecular formula is C54H35N3. The molecule has 0 aliphatic rings. The van der Waals surface area contributed by atoms with Gasteiger partial charge in [-0.2, -0.15) is 0 Å². The normalized spacial score (nSPS) is 20.5. The topological polar surface area (TPSA) is 14.8 Å². The first kappa shape index (κ1) is 12.7. The Morgan fingerprint density at radius 2 is 0.632 bits per heavy atom. The summed E-state index contributed by atoms with van der Waals surface area (Å²) >= 11 is 0. The second-order valence-electron chi connectivity index (χ2n) is 12.3. The fourth-order valence-corrected chi connectivity index (χ4v) is 7.06. The smallest absolute Gasteiger partial charge is 0.0783 e. The standard InChI is InChI=1S/C54H35N3/c1-2-16-36(17-3-1)37-18-12-19-38(34-37)39-20-13-21-40(35-39)55-47-28-8-6-24-43(47)45-26-15-33-52(53(45)55)57-50-31-11-7-25-44(50)46-27-14-32-51(54(46)57)56-48-29-9-4-22-41(48)42-23-5-10-30-49(42)56/h1-35H/i1D,2D,3D,4D,5D,6D,7D,8D,9D,10D,11D,12D,13D,14D,15D,16D,17D,18D,19D,20D,21D,22D,23D,24D,25D,26D,27D,28D,29D,30D,31D,32D,33D,34D,35D. The van der Waals surface area contributed by atoms with Crippen molar-refractivity contribution in [3.63, 3.8) is 0 Å². The SMILES string of the molecule is [2H]c1c([2H])c([2H])c(-c2c([2H])c([2H])c([2H])c(-c3c([2H])c([2H])c([2H])c(-n4c5c([2H])c([2H])c([2H])c([2H])c5c5c([2H])c([2H])c([2H])c(-n6c7c([2H])c([2H])c([2H])c([2H])c7c7c([2H])c([2H])c([2H])c(-n8c9c([2H])c([2H])c([2H])c([2H])c9c9c([2H])c([2H])c([2H])c([2H])c98)c76)c54)c3[2H])c2[2H])c([2H])c1[2H]. The van der Waals surface area contributed by atoms with E-state index in [1.54, 1.807) is 0 Å². The van der Waals surface area contributed by atoms with Crippen LogP contribution in [0.2, 0.25) is 0 Å². The molecule has 0 aliphatic carbocycles. The summed E-state index contributed by atoms with van der Waals surface area (Å²) < 4.78 is 324.